The fourth-order valence-corrected chi connectivity index (χ4v) is 9.17. The summed E-state index contributed by atoms with van der Waals surface area (Å²) in [6.07, 6.45) is 4.69. The zero-order valence-corrected chi connectivity index (χ0v) is 41.5. The number of fused-ring (bicyclic) bond motifs is 2. The van der Waals surface area contributed by atoms with Crippen LogP contribution in [0.2, 0.25) is 0 Å². The molecule has 0 amide bonds. The van der Waals surface area contributed by atoms with Gasteiger partial charge >= 0.3 is 37.9 Å². The van der Waals surface area contributed by atoms with Crippen LogP contribution >= 0.6 is 17.0 Å². The van der Waals surface area contributed by atoms with Gasteiger partial charge in [0.25, 0.3) is 0 Å². The van der Waals surface area contributed by atoms with E-state index in [1.54, 1.807) is 0 Å². The average molecular weight is 963 g/mol. The van der Waals surface area contributed by atoms with Crippen molar-refractivity contribution in [3.63, 3.8) is 0 Å². The minimum atomic E-state index is -0.826. The third kappa shape index (κ3) is 12.9. The molecule has 64 heavy (non-hydrogen) atoms. The Kier molecular flexibility index (Phi) is 18.0. The zero-order valence-electron chi connectivity index (χ0n) is 36.5. The number of rotatable bonds is 10. The molecule has 0 aliphatic carbocycles. The summed E-state index contributed by atoms with van der Waals surface area (Å²) in [5.74, 6) is 0. The van der Waals surface area contributed by atoms with Gasteiger partial charge in [-0.05, 0) is 46.2 Å². The van der Waals surface area contributed by atoms with Gasteiger partial charge in [-0.3, -0.25) is 0 Å². The number of hydrogen-bond donors (Lipinski definition) is 0. The SMILES string of the molecule is CCCc1cc2c(-c3ccc(-c4ccccc4)cc3)cccc2[cH-]1.CCCc1cc2c(-c3ccc(-c4ccccc4)cc3)cccc2[cH-]1.[Cl][Zr+2][Cl].c1ccc([Si]c2ccccc2)cc1. The molecular formula is C60H52Cl2SiZr. The largest absolute Gasteiger partial charge is 0.121 e. The maximum Gasteiger partial charge on any atom is 0.121 e. The predicted octanol–water partition coefficient (Wildman–Crippen LogP) is 16.4. The molecule has 0 aliphatic heterocycles. The van der Waals surface area contributed by atoms with E-state index in [2.05, 4.69) is 244 Å². The quantitative estimate of drug-likeness (QED) is 0.0946. The molecule has 0 spiro atoms. The molecule has 0 atom stereocenters. The van der Waals surface area contributed by atoms with Crippen LogP contribution in [0.5, 0.6) is 0 Å². The van der Waals surface area contributed by atoms with Crippen molar-refractivity contribution in [1.82, 2.24) is 0 Å². The molecule has 0 saturated heterocycles. The topological polar surface area (TPSA) is 0 Å². The Morgan fingerprint density at radius 1 is 0.375 bits per heavy atom. The van der Waals surface area contributed by atoms with Gasteiger partial charge in [0.1, 0.15) is 9.52 Å². The molecule has 0 unspecified atom stereocenters. The fourth-order valence-electron chi connectivity index (χ4n) is 8.12. The first-order chi connectivity index (χ1) is 31.6. The minimum absolute atomic E-state index is 0.777. The molecule has 0 aromatic heterocycles. The summed E-state index contributed by atoms with van der Waals surface area (Å²) in [6, 6.07) is 82.7. The van der Waals surface area contributed by atoms with Gasteiger partial charge in [-0.25, -0.2) is 0 Å². The first-order valence-electron chi connectivity index (χ1n) is 22.1. The summed E-state index contributed by atoms with van der Waals surface area (Å²) in [4.78, 5) is 0. The van der Waals surface area contributed by atoms with E-state index in [0.717, 1.165) is 22.4 Å². The number of hydrogen-bond acceptors (Lipinski definition) is 0. The van der Waals surface area contributed by atoms with E-state index in [-0.39, 0.29) is 0 Å². The van der Waals surface area contributed by atoms with Crippen molar-refractivity contribution in [3.05, 3.63) is 242 Å². The maximum absolute atomic E-state index is 4.93. The van der Waals surface area contributed by atoms with Crippen molar-refractivity contribution >= 4 is 58.5 Å². The van der Waals surface area contributed by atoms with Gasteiger partial charge in [-0.15, -0.1) is 69.1 Å². The van der Waals surface area contributed by atoms with E-state index < -0.39 is 20.8 Å². The number of halogens is 2. The van der Waals surface area contributed by atoms with Crippen LogP contribution < -0.4 is 10.4 Å². The van der Waals surface area contributed by atoms with Crippen molar-refractivity contribution < 1.29 is 20.8 Å². The van der Waals surface area contributed by atoms with Gasteiger partial charge in [-0.2, -0.15) is 12.1 Å². The molecule has 0 fully saturated rings. The second-order valence-electron chi connectivity index (χ2n) is 15.7. The van der Waals surface area contributed by atoms with Crippen LogP contribution in [0, 0.1) is 0 Å². The molecule has 0 bridgehead atoms. The molecule has 0 aliphatic rings. The molecule has 0 N–H and O–H groups in total. The Labute approximate surface area is 401 Å². The fraction of sp³-hybridized carbons (Fsp3) is 0.100. The van der Waals surface area contributed by atoms with Crippen LogP contribution in [0.1, 0.15) is 37.8 Å². The molecule has 0 saturated carbocycles. The molecule has 4 heteroatoms. The third-order valence-corrected chi connectivity index (χ3v) is 12.4. The van der Waals surface area contributed by atoms with Gasteiger partial charge in [0.2, 0.25) is 0 Å². The van der Waals surface area contributed by atoms with E-state index in [9.17, 15) is 0 Å². The van der Waals surface area contributed by atoms with E-state index >= 15 is 0 Å². The Hall–Kier alpha value is -5.34. The normalized spacial score (nSPS) is 10.4. The number of aryl methyl sites for hydroxylation is 2. The summed E-state index contributed by atoms with van der Waals surface area (Å²) in [5.41, 5.74) is 13.2. The van der Waals surface area contributed by atoms with E-state index in [1.165, 1.54) is 100 Å². The van der Waals surface area contributed by atoms with Crippen LogP contribution in [-0.2, 0) is 33.7 Å². The van der Waals surface area contributed by atoms with E-state index in [4.69, 9.17) is 17.0 Å². The van der Waals surface area contributed by atoms with Crippen LogP contribution in [0.3, 0.4) is 0 Å². The molecule has 10 rings (SSSR count). The average Bonchev–Trinajstić information content (AvgIpc) is 3.98. The van der Waals surface area contributed by atoms with Crippen LogP contribution in [-0.4, -0.2) is 9.52 Å². The molecule has 0 heterocycles. The van der Waals surface area contributed by atoms with Crippen molar-refractivity contribution in [3.8, 4) is 44.5 Å². The summed E-state index contributed by atoms with van der Waals surface area (Å²) in [5, 5.41) is 8.23. The van der Waals surface area contributed by atoms with Crippen LogP contribution in [0.15, 0.2) is 231 Å². The second-order valence-corrected chi connectivity index (χ2v) is 20.8. The zero-order chi connectivity index (χ0) is 44.4. The van der Waals surface area contributed by atoms with E-state index in [1.807, 2.05) is 0 Å². The Morgan fingerprint density at radius 3 is 1.03 bits per heavy atom. The van der Waals surface area contributed by atoms with Gasteiger partial charge in [0.15, 0.2) is 0 Å². The monoisotopic (exact) mass is 960 g/mol. The first-order valence-corrected chi connectivity index (χ1v) is 29.4. The Morgan fingerprint density at radius 2 is 0.688 bits per heavy atom. The molecular weight excluding hydrogens is 911 g/mol. The van der Waals surface area contributed by atoms with Gasteiger partial charge in [-0.1, -0.05) is 230 Å². The smallest absolute Gasteiger partial charge is 0.0631 e. The Bertz CT molecular complexity index is 2680. The molecule has 10 aromatic rings. The standard InChI is InChI=1S/2C24H21.C12H10Si.2ClH.Zr/c2*1-2-7-18-16-22-10-6-11-23(24(22)17-18)21-14-12-20(13-15-21)19-8-4-3-5-9-19;1-3-7-11(8-4-1)13-12-9-5-2-6-10-12;;;/h2*3-6,8-17H,2,7H2,1H3;1-10H;2*1H;/q2*-1;;;;+4/p-2. The number of benzene rings is 8. The minimum Gasteiger partial charge on any atom is -0.0631 e. The summed E-state index contributed by atoms with van der Waals surface area (Å²) < 4.78 is 0. The van der Waals surface area contributed by atoms with Crippen molar-refractivity contribution in [2.24, 2.45) is 0 Å². The summed E-state index contributed by atoms with van der Waals surface area (Å²) in [6.45, 7) is 4.47. The van der Waals surface area contributed by atoms with Crippen molar-refractivity contribution in [1.29, 1.82) is 0 Å². The third-order valence-electron chi connectivity index (χ3n) is 11.1. The molecule has 2 radical (unpaired) electrons. The second kappa shape index (κ2) is 24.6. The van der Waals surface area contributed by atoms with E-state index in [0.29, 0.717) is 0 Å². The van der Waals surface area contributed by atoms with Crippen molar-refractivity contribution in [2.75, 3.05) is 0 Å². The van der Waals surface area contributed by atoms with Gasteiger partial charge in [0.05, 0.1) is 0 Å². The summed E-state index contributed by atoms with van der Waals surface area (Å²) in [7, 11) is 10.6. The van der Waals surface area contributed by atoms with Gasteiger partial charge < -0.3 is 0 Å². The van der Waals surface area contributed by atoms with Crippen LogP contribution in [0.4, 0.5) is 0 Å². The van der Waals surface area contributed by atoms with Crippen LogP contribution in [0.25, 0.3) is 66.1 Å². The van der Waals surface area contributed by atoms with Crippen molar-refractivity contribution in [2.45, 2.75) is 39.5 Å². The predicted molar refractivity (Wildman–Crippen MR) is 278 cm³/mol. The maximum atomic E-state index is 4.93. The summed E-state index contributed by atoms with van der Waals surface area (Å²) >= 11 is -0.826. The molecule has 0 nitrogen and oxygen atoms in total. The molecule has 314 valence electrons. The Balaban J connectivity index is 0.000000145. The van der Waals surface area contributed by atoms with Gasteiger partial charge in [0, 0.05) is 0 Å². The molecule has 10 aromatic carbocycles. The first kappa shape index (κ1) is 46.6.